The second kappa shape index (κ2) is 5.27. The summed E-state index contributed by atoms with van der Waals surface area (Å²) in [6.07, 6.45) is 0. The summed E-state index contributed by atoms with van der Waals surface area (Å²) < 4.78 is 21.1. The highest BCUT2D eigenvalue weighted by Gasteiger charge is 2.13. The number of anilines is 1. The maximum Gasteiger partial charge on any atom is 0.488 e. The molecule has 0 saturated carbocycles. The van der Waals surface area contributed by atoms with Crippen molar-refractivity contribution in [3.63, 3.8) is 0 Å². The number of rotatable bonds is 4. The van der Waals surface area contributed by atoms with Crippen molar-refractivity contribution >= 4 is 29.5 Å². The van der Waals surface area contributed by atoms with Crippen LogP contribution in [0.15, 0.2) is 24.3 Å². The molecule has 0 bridgehead atoms. The van der Waals surface area contributed by atoms with E-state index in [1.807, 2.05) is 0 Å². The van der Waals surface area contributed by atoms with Crippen molar-refractivity contribution in [2.75, 3.05) is 10.8 Å². The van der Waals surface area contributed by atoms with Gasteiger partial charge in [0.25, 0.3) is 11.3 Å². The van der Waals surface area contributed by atoms with Crippen molar-refractivity contribution in [2.45, 2.75) is 6.92 Å². The quantitative estimate of drug-likeness (QED) is 0.472. The molecule has 0 radical (unpaired) electrons. The van der Waals surface area contributed by atoms with E-state index < -0.39 is 18.4 Å². The molecule has 1 unspecified atom stereocenters. The predicted molar refractivity (Wildman–Crippen MR) is 60.1 cm³/mol. The predicted octanol–water partition coefficient (Wildman–Crippen LogP) is -0.671. The summed E-state index contributed by atoms with van der Waals surface area (Å²) in [5.41, 5.74) is 0.904. The molecule has 15 heavy (non-hydrogen) atoms. The standard InChI is InChI=1S/C8H12BNO4S/c1-2-10(15(13)14)8-5-3-7(4-6-8)9(11)12/h3-6,11-12H,2H2,1H3,(H,13,14). The van der Waals surface area contributed by atoms with Crippen LogP contribution in [0.1, 0.15) is 6.92 Å². The Morgan fingerprint density at radius 3 is 2.20 bits per heavy atom. The fraction of sp³-hybridized carbons (Fsp3) is 0.250. The van der Waals surface area contributed by atoms with Gasteiger partial charge in [-0.25, -0.2) is 4.21 Å². The molecule has 0 aliphatic heterocycles. The number of hydrogen-bond donors (Lipinski definition) is 3. The van der Waals surface area contributed by atoms with Crippen molar-refractivity contribution in [1.29, 1.82) is 0 Å². The first-order chi connectivity index (χ1) is 7.06. The van der Waals surface area contributed by atoms with Gasteiger partial charge in [-0.2, -0.15) is 0 Å². The summed E-state index contributed by atoms with van der Waals surface area (Å²) in [6, 6.07) is 6.11. The Labute approximate surface area is 90.9 Å². The number of hydrogen-bond acceptors (Lipinski definition) is 3. The van der Waals surface area contributed by atoms with Crippen molar-refractivity contribution in [2.24, 2.45) is 0 Å². The van der Waals surface area contributed by atoms with Gasteiger partial charge < -0.3 is 10.0 Å². The summed E-state index contributed by atoms with van der Waals surface area (Å²) in [5, 5.41) is 17.7. The first kappa shape index (κ1) is 12.2. The van der Waals surface area contributed by atoms with Gasteiger partial charge in [-0.1, -0.05) is 12.1 Å². The Bertz CT molecular complexity index is 343. The minimum absolute atomic E-state index is 0.346. The highest BCUT2D eigenvalue weighted by Crippen LogP contribution is 2.13. The summed E-state index contributed by atoms with van der Waals surface area (Å²) in [5.74, 6) is 0. The molecule has 0 spiro atoms. The lowest BCUT2D eigenvalue weighted by Gasteiger charge is -2.17. The lowest BCUT2D eigenvalue weighted by Crippen LogP contribution is -2.30. The first-order valence-corrected chi connectivity index (χ1v) is 5.47. The monoisotopic (exact) mass is 229 g/mol. The maximum absolute atomic E-state index is 10.9. The molecular weight excluding hydrogens is 217 g/mol. The van der Waals surface area contributed by atoms with Gasteiger partial charge >= 0.3 is 7.12 Å². The van der Waals surface area contributed by atoms with E-state index in [0.717, 1.165) is 0 Å². The normalized spacial score (nSPS) is 12.3. The van der Waals surface area contributed by atoms with E-state index in [2.05, 4.69) is 0 Å². The highest BCUT2D eigenvalue weighted by atomic mass is 32.2. The van der Waals surface area contributed by atoms with Gasteiger partial charge in [0.1, 0.15) is 0 Å². The smallest absolute Gasteiger partial charge is 0.423 e. The lowest BCUT2D eigenvalue weighted by atomic mass is 9.80. The fourth-order valence-electron chi connectivity index (χ4n) is 1.20. The van der Waals surface area contributed by atoms with Crippen LogP contribution in [0.5, 0.6) is 0 Å². The molecule has 0 aromatic heterocycles. The van der Waals surface area contributed by atoms with Gasteiger partial charge in [0.15, 0.2) is 0 Å². The zero-order chi connectivity index (χ0) is 11.4. The molecule has 0 fully saturated rings. The molecule has 7 heteroatoms. The van der Waals surface area contributed by atoms with Gasteiger partial charge in [-0.3, -0.25) is 8.86 Å². The molecule has 0 aliphatic carbocycles. The number of benzene rings is 1. The topological polar surface area (TPSA) is 81.0 Å². The van der Waals surface area contributed by atoms with Crippen molar-refractivity contribution in [3.8, 4) is 0 Å². The van der Waals surface area contributed by atoms with E-state index in [4.69, 9.17) is 14.6 Å². The molecule has 3 N–H and O–H groups in total. The van der Waals surface area contributed by atoms with Crippen LogP contribution in [-0.2, 0) is 11.3 Å². The van der Waals surface area contributed by atoms with Crippen LogP contribution in [0, 0.1) is 0 Å². The second-order valence-corrected chi connectivity index (χ2v) is 3.79. The van der Waals surface area contributed by atoms with Gasteiger partial charge in [-0.05, 0) is 24.5 Å². The third-order valence-corrected chi connectivity index (χ3v) is 2.80. The summed E-state index contributed by atoms with van der Waals surface area (Å²) in [7, 11) is -1.52. The Balaban J connectivity index is 2.92. The second-order valence-electron chi connectivity index (χ2n) is 2.89. The van der Waals surface area contributed by atoms with Gasteiger partial charge in [0.05, 0.1) is 5.69 Å². The van der Waals surface area contributed by atoms with Crippen molar-refractivity contribution in [3.05, 3.63) is 24.3 Å². The average molecular weight is 229 g/mol. The van der Waals surface area contributed by atoms with E-state index in [-0.39, 0.29) is 0 Å². The van der Waals surface area contributed by atoms with Gasteiger partial charge in [-0.15, -0.1) is 0 Å². The van der Waals surface area contributed by atoms with E-state index in [9.17, 15) is 4.21 Å². The van der Waals surface area contributed by atoms with Crippen LogP contribution >= 0.6 is 0 Å². The molecule has 5 nitrogen and oxygen atoms in total. The van der Waals surface area contributed by atoms with E-state index in [1.54, 1.807) is 19.1 Å². The molecule has 1 aromatic rings. The third kappa shape index (κ3) is 3.03. The van der Waals surface area contributed by atoms with Crippen molar-refractivity contribution in [1.82, 2.24) is 0 Å². The number of nitrogens with zero attached hydrogens (tertiary/aromatic N) is 1. The molecule has 0 amide bonds. The minimum atomic E-state index is -2.06. The molecule has 1 atom stereocenters. The summed E-state index contributed by atoms with van der Waals surface area (Å²) in [6.45, 7) is 2.15. The largest absolute Gasteiger partial charge is 0.488 e. The van der Waals surface area contributed by atoms with Crippen LogP contribution < -0.4 is 9.77 Å². The molecule has 0 saturated heterocycles. The molecule has 82 valence electrons. The van der Waals surface area contributed by atoms with Gasteiger partial charge in [0.2, 0.25) is 0 Å². The van der Waals surface area contributed by atoms with Crippen LogP contribution in [0.3, 0.4) is 0 Å². The molecule has 0 aliphatic rings. The van der Waals surface area contributed by atoms with Crippen LogP contribution in [0.2, 0.25) is 0 Å². The van der Waals surface area contributed by atoms with E-state index in [0.29, 0.717) is 17.7 Å². The molecule has 1 rings (SSSR count). The Kier molecular flexibility index (Phi) is 4.28. The van der Waals surface area contributed by atoms with Crippen LogP contribution in [-0.4, -0.2) is 32.5 Å². The fourth-order valence-corrected chi connectivity index (χ4v) is 1.72. The average Bonchev–Trinajstić information content (AvgIpc) is 2.19. The zero-order valence-electron chi connectivity index (χ0n) is 8.20. The first-order valence-electron chi connectivity index (χ1n) is 4.41. The van der Waals surface area contributed by atoms with Crippen LogP contribution in [0.25, 0.3) is 0 Å². The summed E-state index contributed by atoms with van der Waals surface area (Å²) in [4.78, 5) is 0. The Hall–Kier alpha value is -0.885. The lowest BCUT2D eigenvalue weighted by molar-refractivity contribution is 0.426. The highest BCUT2D eigenvalue weighted by molar-refractivity contribution is 7.80. The molecular formula is C8H12BNO4S. The van der Waals surface area contributed by atoms with E-state index in [1.165, 1.54) is 16.4 Å². The zero-order valence-corrected chi connectivity index (χ0v) is 9.02. The van der Waals surface area contributed by atoms with Gasteiger partial charge in [0, 0.05) is 6.54 Å². The van der Waals surface area contributed by atoms with Crippen LogP contribution in [0.4, 0.5) is 5.69 Å². The Morgan fingerprint density at radius 1 is 1.33 bits per heavy atom. The molecule has 1 aromatic carbocycles. The molecule has 0 heterocycles. The third-order valence-electron chi connectivity index (χ3n) is 1.95. The Morgan fingerprint density at radius 2 is 1.87 bits per heavy atom. The van der Waals surface area contributed by atoms with E-state index >= 15 is 0 Å². The van der Waals surface area contributed by atoms with Crippen molar-refractivity contribution < 1.29 is 18.8 Å². The SMILES string of the molecule is CCN(c1ccc(B(O)O)cc1)S(=O)O. The summed E-state index contributed by atoms with van der Waals surface area (Å²) >= 11 is -2.06. The maximum atomic E-state index is 10.9. The minimum Gasteiger partial charge on any atom is -0.423 e.